The van der Waals surface area contributed by atoms with Crippen molar-refractivity contribution in [2.75, 3.05) is 39.0 Å². The minimum atomic E-state index is -3.11. The number of aliphatic imine (C=N–C) groups is 1. The van der Waals surface area contributed by atoms with Crippen molar-refractivity contribution in [3.63, 3.8) is 0 Å². The zero-order valence-electron chi connectivity index (χ0n) is 15.1. The first-order valence-corrected chi connectivity index (χ1v) is 10.4. The van der Waals surface area contributed by atoms with Gasteiger partial charge in [-0.05, 0) is 33.1 Å². The van der Waals surface area contributed by atoms with E-state index in [9.17, 15) is 8.42 Å². The molecule has 1 saturated heterocycles. The lowest BCUT2D eigenvalue weighted by Crippen LogP contribution is -2.47. The first kappa shape index (κ1) is 20.2. The van der Waals surface area contributed by atoms with Crippen LogP contribution in [-0.4, -0.2) is 70.3 Å². The minimum absolute atomic E-state index is 0.393. The number of sulfonamides is 1. The third-order valence-corrected chi connectivity index (χ3v) is 4.73. The van der Waals surface area contributed by atoms with E-state index in [1.807, 2.05) is 6.92 Å². The molecule has 0 aromatic rings. The van der Waals surface area contributed by atoms with Crippen LogP contribution < -0.4 is 15.4 Å². The third kappa shape index (κ3) is 7.99. The summed E-state index contributed by atoms with van der Waals surface area (Å²) >= 11 is 0. The molecule has 0 aromatic heterocycles. The van der Waals surface area contributed by atoms with E-state index in [0.29, 0.717) is 37.5 Å². The van der Waals surface area contributed by atoms with Crippen molar-refractivity contribution < 1.29 is 8.42 Å². The maximum atomic E-state index is 11.0. The Morgan fingerprint density at radius 3 is 2.57 bits per heavy atom. The van der Waals surface area contributed by atoms with Gasteiger partial charge in [-0.3, -0.25) is 9.89 Å². The monoisotopic (exact) mass is 347 g/mol. The van der Waals surface area contributed by atoms with E-state index in [4.69, 9.17) is 0 Å². The first-order valence-electron chi connectivity index (χ1n) is 8.46. The fraction of sp³-hybridized carbons (Fsp3) is 0.933. The molecule has 0 bridgehead atoms. The third-order valence-electron chi connectivity index (χ3n) is 4.01. The lowest BCUT2D eigenvalue weighted by atomic mass is 10.1. The predicted molar refractivity (Wildman–Crippen MR) is 96.2 cm³/mol. The summed E-state index contributed by atoms with van der Waals surface area (Å²) in [6.45, 7) is 12.7. The highest BCUT2D eigenvalue weighted by atomic mass is 32.2. The summed E-state index contributed by atoms with van der Waals surface area (Å²) in [4.78, 5) is 7.02. The van der Waals surface area contributed by atoms with Crippen molar-refractivity contribution >= 4 is 16.0 Å². The molecule has 0 radical (unpaired) electrons. The van der Waals surface area contributed by atoms with Crippen LogP contribution in [0.15, 0.2) is 4.99 Å². The van der Waals surface area contributed by atoms with Crippen molar-refractivity contribution in [3.8, 4) is 0 Å². The molecule has 0 saturated carbocycles. The summed E-state index contributed by atoms with van der Waals surface area (Å²) < 4.78 is 24.5. The molecule has 0 aromatic carbocycles. The molecule has 2 unspecified atom stereocenters. The van der Waals surface area contributed by atoms with E-state index >= 15 is 0 Å². The van der Waals surface area contributed by atoms with Gasteiger partial charge in [-0.1, -0.05) is 6.92 Å². The molecule has 0 aliphatic carbocycles. The van der Waals surface area contributed by atoms with Crippen molar-refractivity contribution in [3.05, 3.63) is 0 Å². The number of rotatable bonds is 8. The van der Waals surface area contributed by atoms with Crippen LogP contribution in [0.1, 0.15) is 34.1 Å². The van der Waals surface area contributed by atoms with Crippen LogP contribution in [0.3, 0.4) is 0 Å². The normalized spacial score (nSPS) is 23.5. The number of nitrogens with one attached hydrogen (secondary N) is 3. The van der Waals surface area contributed by atoms with Crippen molar-refractivity contribution in [1.82, 2.24) is 20.3 Å². The SMILES string of the molecule is CCNC(=NCCCNS(C)(=O)=O)NC1CN(C(C)C)CC1C. The molecule has 23 heavy (non-hydrogen) atoms. The van der Waals surface area contributed by atoms with Gasteiger partial charge in [0.05, 0.1) is 6.26 Å². The Bertz CT molecular complexity index is 478. The van der Waals surface area contributed by atoms with E-state index in [1.54, 1.807) is 0 Å². The molecular formula is C15H33N5O2S. The largest absolute Gasteiger partial charge is 0.357 e. The Labute approximate surface area is 141 Å². The van der Waals surface area contributed by atoms with Gasteiger partial charge in [0.1, 0.15) is 0 Å². The zero-order chi connectivity index (χ0) is 17.5. The van der Waals surface area contributed by atoms with Gasteiger partial charge < -0.3 is 10.6 Å². The highest BCUT2D eigenvalue weighted by molar-refractivity contribution is 7.88. The second-order valence-electron chi connectivity index (χ2n) is 6.56. The van der Waals surface area contributed by atoms with Gasteiger partial charge in [-0.15, -0.1) is 0 Å². The molecular weight excluding hydrogens is 314 g/mol. The van der Waals surface area contributed by atoms with E-state index in [1.165, 1.54) is 6.26 Å². The van der Waals surface area contributed by atoms with Crippen molar-refractivity contribution in [2.24, 2.45) is 10.9 Å². The topological polar surface area (TPSA) is 85.8 Å². The molecule has 1 fully saturated rings. The van der Waals surface area contributed by atoms with E-state index in [2.05, 4.69) is 46.0 Å². The Morgan fingerprint density at radius 1 is 1.35 bits per heavy atom. The molecule has 8 heteroatoms. The molecule has 1 aliphatic heterocycles. The van der Waals surface area contributed by atoms with Crippen LogP contribution in [0.25, 0.3) is 0 Å². The van der Waals surface area contributed by atoms with Gasteiger partial charge in [-0.25, -0.2) is 13.1 Å². The fourth-order valence-corrected chi connectivity index (χ4v) is 3.15. The average Bonchev–Trinajstić information content (AvgIpc) is 2.79. The number of hydrogen-bond donors (Lipinski definition) is 3. The second-order valence-corrected chi connectivity index (χ2v) is 8.39. The average molecular weight is 348 g/mol. The Balaban J connectivity index is 2.46. The quantitative estimate of drug-likeness (QED) is 0.332. The summed E-state index contributed by atoms with van der Waals surface area (Å²) in [5.41, 5.74) is 0. The van der Waals surface area contributed by atoms with Gasteiger partial charge in [0, 0.05) is 44.8 Å². The summed E-state index contributed by atoms with van der Waals surface area (Å²) in [5.74, 6) is 1.39. The lowest BCUT2D eigenvalue weighted by molar-refractivity contribution is 0.265. The Kier molecular flexibility index (Phi) is 8.28. The molecule has 1 heterocycles. The molecule has 2 atom stereocenters. The van der Waals surface area contributed by atoms with Crippen LogP contribution in [0, 0.1) is 5.92 Å². The first-order chi connectivity index (χ1) is 10.7. The van der Waals surface area contributed by atoms with Crippen LogP contribution in [0.4, 0.5) is 0 Å². The number of guanidine groups is 1. The van der Waals surface area contributed by atoms with Gasteiger partial charge in [-0.2, -0.15) is 0 Å². The second kappa shape index (κ2) is 9.44. The predicted octanol–water partition coefficient (Wildman–Crippen LogP) is 0.210. The van der Waals surface area contributed by atoms with E-state index in [-0.39, 0.29) is 0 Å². The summed E-state index contributed by atoms with van der Waals surface area (Å²) in [5, 5.41) is 6.78. The number of hydrogen-bond acceptors (Lipinski definition) is 4. The summed E-state index contributed by atoms with van der Waals surface area (Å²) in [6.07, 6.45) is 1.85. The lowest BCUT2D eigenvalue weighted by Gasteiger charge is -2.21. The molecule has 1 rings (SSSR count). The van der Waals surface area contributed by atoms with Gasteiger partial charge >= 0.3 is 0 Å². The van der Waals surface area contributed by atoms with Gasteiger partial charge in [0.15, 0.2) is 5.96 Å². The van der Waals surface area contributed by atoms with E-state index < -0.39 is 10.0 Å². The maximum absolute atomic E-state index is 11.0. The summed E-state index contributed by atoms with van der Waals surface area (Å²) in [7, 11) is -3.11. The van der Waals surface area contributed by atoms with Crippen molar-refractivity contribution in [2.45, 2.75) is 46.2 Å². The molecule has 0 spiro atoms. The fourth-order valence-electron chi connectivity index (χ4n) is 2.64. The van der Waals surface area contributed by atoms with Crippen LogP contribution in [0.5, 0.6) is 0 Å². The molecule has 0 amide bonds. The number of nitrogens with zero attached hydrogens (tertiary/aromatic N) is 2. The smallest absolute Gasteiger partial charge is 0.208 e. The van der Waals surface area contributed by atoms with E-state index in [0.717, 1.165) is 25.6 Å². The highest BCUT2D eigenvalue weighted by Gasteiger charge is 2.31. The van der Waals surface area contributed by atoms with Gasteiger partial charge in [0.2, 0.25) is 10.0 Å². The van der Waals surface area contributed by atoms with Crippen molar-refractivity contribution in [1.29, 1.82) is 0 Å². The highest BCUT2D eigenvalue weighted by Crippen LogP contribution is 2.18. The molecule has 3 N–H and O–H groups in total. The van der Waals surface area contributed by atoms with Gasteiger partial charge in [0.25, 0.3) is 0 Å². The molecule has 136 valence electrons. The summed E-state index contributed by atoms with van der Waals surface area (Å²) in [6, 6.07) is 0.954. The number of likely N-dealkylation sites (tertiary alicyclic amines) is 1. The van der Waals surface area contributed by atoms with Crippen LogP contribution in [-0.2, 0) is 10.0 Å². The molecule has 7 nitrogen and oxygen atoms in total. The molecule has 1 aliphatic rings. The Morgan fingerprint density at radius 2 is 2.04 bits per heavy atom. The zero-order valence-corrected chi connectivity index (χ0v) is 15.9. The van der Waals surface area contributed by atoms with Crippen LogP contribution >= 0.6 is 0 Å². The Hall–Kier alpha value is -0.860. The van der Waals surface area contributed by atoms with Crippen LogP contribution in [0.2, 0.25) is 0 Å². The minimum Gasteiger partial charge on any atom is -0.357 e. The maximum Gasteiger partial charge on any atom is 0.208 e. The standard InChI is InChI=1S/C15H33N5O2S/c1-6-16-15(17-8-7-9-18-23(5,21)22)19-14-11-20(12(2)3)10-13(14)4/h12-14,18H,6-11H2,1-5H3,(H2,16,17,19).